The van der Waals surface area contributed by atoms with Gasteiger partial charge in [0.1, 0.15) is 31.5 Å². The Morgan fingerprint density at radius 1 is 0.540 bits per heavy atom. The molecule has 1 fully saturated rings. The lowest BCUT2D eigenvalue weighted by Crippen LogP contribution is -2.46. The summed E-state index contributed by atoms with van der Waals surface area (Å²) in [6.07, 6.45) is 19.8. The van der Waals surface area contributed by atoms with E-state index in [1.54, 1.807) is 30.8 Å². The fraction of sp³-hybridized carbons (Fsp3) is 0.881. The van der Waals surface area contributed by atoms with E-state index in [2.05, 4.69) is 216 Å². The van der Waals surface area contributed by atoms with E-state index in [0.29, 0.717) is 83.4 Å². The van der Waals surface area contributed by atoms with E-state index in [4.69, 9.17) is 21.3 Å². The molecule has 0 saturated carbocycles. The number of imide groups is 1. The average molecular weight is 1620 g/mol. The van der Waals surface area contributed by atoms with Crippen molar-refractivity contribution in [3.63, 3.8) is 0 Å². The van der Waals surface area contributed by atoms with Crippen LogP contribution in [0.1, 0.15) is 295 Å². The zero-order valence-electron chi connectivity index (χ0n) is 78.5. The highest BCUT2D eigenvalue weighted by molar-refractivity contribution is 5.98. The van der Waals surface area contributed by atoms with Crippen LogP contribution in [0.25, 0.3) is 0 Å². The molecule has 0 radical (unpaired) electrons. The number of ether oxygens (including phenoxy) is 3. The quantitative estimate of drug-likeness (QED) is 0.00702. The van der Waals surface area contributed by atoms with Gasteiger partial charge in [0.15, 0.2) is 17.0 Å². The maximum atomic E-state index is 11.3. The molecule has 0 aliphatic carbocycles. The maximum absolute atomic E-state index is 11.3. The molecule has 0 unspecified atom stereocenters. The minimum Gasteiger partial charge on any atom is -0.453 e. The van der Waals surface area contributed by atoms with E-state index in [1.807, 2.05) is 40.0 Å². The van der Waals surface area contributed by atoms with E-state index < -0.39 is 11.6 Å². The number of rotatable bonds is 36. The minimum atomic E-state index is -0.690. The lowest BCUT2D eigenvalue weighted by Gasteiger charge is -2.24. The number of hydrogen-bond donors (Lipinski definition) is 9. The van der Waals surface area contributed by atoms with Gasteiger partial charge in [-0.15, -0.1) is 0 Å². The van der Waals surface area contributed by atoms with Crippen LogP contribution in [0.4, 0.5) is 4.79 Å². The molecule has 0 aromatic carbocycles. The molecule has 1 rings (SSSR count). The van der Waals surface area contributed by atoms with Crippen molar-refractivity contribution in [2.24, 2.45) is 77.3 Å². The summed E-state index contributed by atoms with van der Waals surface area (Å²) in [5.74, 6) is 3.74. The maximum Gasteiger partial charge on any atom is 0.406 e. The van der Waals surface area contributed by atoms with Crippen molar-refractivity contribution in [3.05, 3.63) is 10.1 Å². The average Bonchev–Trinajstić information content (AvgIpc) is 0.872. The predicted molar refractivity (Wildman–Crippen MR) is 471 cm³/mol. The molecule has 0 aromatic heterocycles. The molecule has 7 amide bonds. The molecule has 113 heavy (non-hydrogen) atoms. The zero-order valence-corrected chi connectivity index (χ0v) is 78.5. The van der Waals surface area contributed by atoms with Crippen LogP contribution >= 0.6 is 0 Å². The number of methoxy groups -OCH3 is 2. The van der Waals surface area contributed by atoms with Crippen LogP contribution in [0.2, 0.25) is 0 Å². The second-order valence-corrected chi connectivity index (χ2v) is 36.4. The minimum absolute atomic E-state index is 0.0311. The lowest BCUT2D eigenvalue weighted by atomic mass is 9.91. The number of hydrogen-bond acceptors (Lipinski definition) is 15. The van der Waals surface area contributed by atoms with Crippen LogP contribution in [0.15, 0.2) is 15.1 Å². The number of guanidine groups is 3. The molecule has 11 N–H and O–H groups in total. The molecule has 0 spiro atoms. The van der Waals surface area contributed by atoms with Crippen molar-refractivity contribution in [2.45, 2.75) is 295 Å². The number of nitrogens with zero attached hydrogens (tertiary/aromatic N) is 8. The SMILES string of the molecule is CC(=O)N(C)CCCC(C)C.CC(C)(C)CCCN=C(N)N.CC(C)CCCN/C(=N/[N+](=O)[O-])N(C)C.CC(C)CCCN1C(=O)COCC1=O.CC(C)CCCNC(=O)CO.CCC(=O)NCCCC(C)(C)C.CN=C(NCCCC(C)(C)C)N(C)C.COC(=O)NCCCC(C)(C)C.COCC(=O)NCCCC(C)(C)C. The van der Waals surface area contributed by atoms with Gasteiger partial charge < -0.3 is 77.4 Å². The van der Waals surface area contributed by atoms with Gasteiger partial charge in [-0.25, -0.2) is 14.9 Å². The third-order valence-corrected chi connectivity index (χ3v) is 15.7. The number of nitrogens with one attached hydrogen (secondary N) is 6. The normalized spacial score (nSPS) is 12.1. The van der Waals surface area contributed by atoms with E-state index in [9.17, 15) is 43.7 Å². The smallest absolute Gasteiger partial charge is 0.406 e. The Bertz CT molecular complexity index is 2420. The second kappa shape index (κ2) is 74.2. The largest absolute Gasteiger partial charge is 0.453 e. The molecule has 1 heterocycles. The summed E-state index contributed by atoms with van der Waals surface area (Å²) in [7, 11) is 14.0. The molecule has 1 aliphatic heterocycles. The molecule has 29 nitrogen and oxygen atoms in total. The number of alkyl carbamates (subject to hydrolysis) is 1. The highest BCUT2D eigenvalue weighted by Gasteiger charge is 2.26. The van der Waals surface area contributed by atoms with Gasteiger partial charge in [0.25, 0.3) is 17.8 Å². The zero-order chi connectivity index (χ0) is 89.6. The van der Waals surface area contributed by atoms with Crippen molar-refractivity contribution in [1.82, 2.24) is 51.5 Å². The van der Waals surface area contributed by atoms with Gasteiger partial charge in [-0.05, 0) is 166 Å². The summed E-state index contributed by atoms with van der Waals surface area (Å²) in [5.41, 5.74) is 12.2. The molecule has 1 aliphatic rings. The molecule has 0 aromatic rings. The Hall–Kier alpha value is -6.62. The van der Waals surface area contributed by atoms with Crippen LogP contribution in [0.3, 0.4) is 0 Å². The first-order valence-electron chi connectivity index (χ1n) is 41.3. The third-order valence-electron chi connectivity index (χ3n) is 15.7. The van der Waals surface area contributed by atoms with E-state index in [1.165, 1.54) is 38.4 Å². The summed E-state index contributed by atoms with van der Waals surface area (Å²) >= 11 is 0. The Morgan fingerprint density at radius 3 is 1.22 bits per heavy atom. The standard InChI is InChI=1S/C11H25N3.C10H17NO3.C10H21NO2.C10H21NO.C9H20N4O2.C9H19NO2.C9H19NO.C8H19N3.C8H17NO2/c1-11(2,3)8-7-9-13-10(12-4)14(5)6;1-8(2)4-3-5-11-9(12)6-14-7-10(11)13;1-10(2,3)6-5-7-11-9(12)8-13-4;1-5-9(12)11-8-6-7-10(2,3)4;1-8(2)6-5-7-10-9(12(3)4)11-13(14)15;1-9(2,3)6-5-7-10-8(11)12-4;1-8(2)6-5-7-10(4)9(3)11;1-8(2,3)5-4-6-11-7(9)10;1-7(2)4-3-5-9-8(11)6-10/h7-9H2,1-6H3,(H,12,13);8H,3-7H2,1-2H3;5-8H2,1-4H3,(H,11,12);5-8H2,1-4H3,(H,11,12);8H,5-7H2,1-4H3,(H,10,11);5-7H2,1-4H3,(H,10,11);8H,5-7H2,1-4H3;4-6H2,1-3H3,(H4,9,10,11);7,10H,3-6H2,1-2H3,(H,9,11). The van der Waals surface area contributed by atoms with Gasteiger partial charge in [-0.1, -0.05) is 166 Å². The van der Waals surface area contributed by atoms with E-state index in [0.717, 1.165) is 141 Å². The first-order chi connectivity index (χ1) is 51.9. The number of aliphatic hydroxyl groups excluding tert-OH is 1. The monoisotopic (exact) mass is 1620 g/mol. The molecule has 1 saturated heterocycles. The first kappa shape index (κ1) is 122. The summed E-state index contributed by atoms with van der Waals surface area (Å²) in [6, 6.07) is 0. The van der Waals surface area contributed by atoms with Gasteiger partial charge in [-0.3, -0.25) is 43.7 Å². The number of hydrazone groups is 1. The molecule has 0 bridgehead atoms. The molecular weight excluding hydrogens is 1440 g/mol. The number of carbonyl (C=O) groups excluding carboxylic acids is 7. The van der Waals surface area contributed by atoms with Crippen molar-refractivity contribution in [2.75, 3.05) is 142 Å². The fourth-order valence-electron chi connectivity index (χ4n) is 9.14. The molecule has 672 valence electrons. The van der Waals surface area contributed by atoms with Crippen molar-refractivity contribution >= 4 is 59.4 Å². The molecule has 29 heteroatoms. The van der Waals surface area contributed by atoms with Crippen LogP contribution in [-0.4, -0.2) is 231 Å². The summed E-state index contributed by atoms with van der Waals surface area (Å²) < 4.78 is 13.9. The van der Waals surface area contributed by atoms with Crippen molar-refractivity contribution in [1.29, 1.82) is 0 Å². The van der Waals surface area contributed by atoms with E-state index >= 15 is 0 Å². The van der Waals surface area contributed by atoms with Crippen molar-refractivity contribution < 1.29 is 57.9 Å². The second-order valence-electron chi connectivity index (χ2n) is 36.4. The Kier molecular flexibility index (Phi) is 80.2. The highest BCUT2D eigenvalue weighted by atomic mass is 16.7. The summed E-state index contributed by atoms with van der Waals surface area (Å²) in [5, 5.41) is 38.3. The Labute approximate surface area is 690 Å². The van der Waals surface area contributed by atoms with Crippen LogP contribution in [0, 0.1) is 60.9 Å². The van der Waals surface area contributed by atoms with Gasteiger partial charge in [0.05, 0.1) is 7.11 Å². The fourth-order valence-corrected chi connectivity index (χ4v) is 9.14. The van der Waals surface area contributed by atoms with Crippen LogP contribution in [0.5, 0.6) is 0 Å². The highest BCUT2D eigenvalue weighted by Crippen LogP contribution is 2.23. The summed E-state index contributed by atoms with van der Waals surface area (Å²) in [4.78, 5) is 101. The van der Waals surface area contributed by atoms with Crippen LogP contribution in [-0.2, 0) is 43.0 Å². The topological polar surface area (TPSA) is 385 Å². The van der Waals surface area contributed by atoms with Gasteiger partial charge in [0.2, 0.25) is 23.6 Å². The Morgan fingerprint density at radius 2 is 0.885 bits per heavy atom. The number of amides is 7. The summed E-state index contributed by atoms with van der Waals surface area (Å²) in [6.45, 7) is 60.7. The number of aliphatic hydroxyl groups is 1. The van der Waals surface area contributed by atoms with Gasteiger partial charge in [0, 0.05) is 122 Å². The number of nitrogens with two attached hydrogens (primary N) is 2. The van der Waals surface area contributed by atoms with Crippen molar-refractivity contribution in [3.8, 4) is 0 Å². The van der Waals surface area contributed by atoms with Gasteiger partial charge in [-0.2, -0.15) is 0 Å². The number of morpholine rings is 1. The van der Waals surface area contributed by atoms with Crippen LogP contribution < -0.4 is 43.4 Å². The molecule has 0 atom stereocenters. The third kappa shape index (κ3) is 112. The number of nitro groups is 1. The predicted octanol–water partition coefficient (Wildman–Crippen LogP) is 13.5. The molecular formula is C84H178N16O13. The Balaban J connectivity index is -0.000000183. The first-order valence-corrected chi connectivity index (χ1v) is 41.3. The van der Waals surface area contributed by atoms with E-state index in [-0.39, 0.29) is 67.3 Å². The number of carbonyl (C=O) groups is 7. The lowest BCUT2D eigenvalue weighted by molar-refractivity contribution is -0.485. The number of aliphatic imine (C=N–C) groups is 2. The van der Waals surface area contributed by atoms with Gasteiger partial charge >= 0.3 is 6.09 Å².